The normalized spacial score (nSPS) is 18.6. The minimum absolute atomic E-state index is 0.0500. The fourth-order valence-corrected chi connectivity index (χ4v) is 6.46. The Morgan fingerprint density at radius 3 is 2.44 bits per heavy atom. The van der Waals surface area contributed by atoms with E-state index in [4.69, 9.17) is 4.74 Å². The Labute approximate surface area is 246 Å². The molecule has 1 aliphatic carbocycles. The fraction of sp³-hybridized carbons (Fsp3) is 0.457. The molecule has 0 bridgehead atoms. The third-order valence-electron chi connectivity index (χ3n) is 8.97. The lowest BCUT2D eigenvalue weighted by atomic mass is 9.92. The number of nitrogens with one attached hydrogen (secondary N) is 2. The number of nitrogens with zero attached hydrogens (tertiary/aromatic N) is 2. The molecule has 5 rings (SSSR count). The summed E-state index contributed by atoms with van der Waals surface area (Å²) in [5.41, 5.74) is 10.5. The largest absolute Gasteiger partial charge is 0.379 e. The van der Waals surface area contributed by atoms with Gasteiger partial charge in [0.2, 0.25) is 0 Å². The summed E-state index contributed by atoms with van der Waals surface area (Å²) in [7, 11) is 2.20. The van der Waals surface area contributed by atoms with E-state index in [1.54, 1.807) is 0 Å². The van der Waals surface area contributed by atoms with Crippen LogP contribution in [0.15, 0.2) is 71.6 Å². The van der Waals surface area contributed by atoms with Crippen LogP contribution < -0.4 is 15.5 Å². The van der Waals surface area contributed by atoms with E-state index in [0.29, 0.717) is 12.6 Å². The lowest BCUT2D eigenvalue weighted by Gasteiger charge is -2.34. The van der Waals surface area contributed by atoms with Crippen LogP contribution in [0, 0.1) is 6.92 Å². The summed E-state index contributed by atoms with van der Waals surface area (Å²) in [4.78, 5) is 18.6. The van der Waals surface area contributed by atoms with Crippen LogP contribution in [0.3, 0.4) is 0 Å². The maximum atomic E-state index is 13.8. The van der Waals surface area contributed by atoms with Gasteiger partial charge in [-0.3, -0.25) is 9.69 Å². The van der Waals surface area contributed by atoms with Gasteiger partial charge in [-0.1, -0.05) is 50.1 Å². The molecule has 3 aliphatic rings. The van der Waals surface area contributed by atoms with Crippen molar-refractivity contribution in [2.45, 2.75) is 65.5 Å². The second-order valence-electron chi connectivity index (χ2n) is 11.9. The molecule has 2 aromatic carbocycles. The number of anilines is 1. The van der Waals surface area contributed by atoms with Crippen LogP contribution >= 0.6 is 0 Å². The van der Waals surface area contributed by atoms with Crippen molar-refractivity contribution in [2.24, 2.45) is 0 Å². The topological polar surface area (TPSA) is 56.8 Å². The van der Waals surface area contributed by atoms with Gasteiger partial charge in [0.1, 0.15) is 0 Å². The smallest absolute Gasteiger partial charge is 0.251 e. The number of dihydropyridines is 1. The first-order valence-corrected chi connectivity index (χ1v) is 15.2. The Kier molecular flexibility index (Phi) is 9.31. The van der Waals surface area contributed by atoms with E-state index in [1.165, 1.54) is 37.7 Å². The van der Waals surface area contributed by atoms with E-state index in [2.05, 4.69) is 90.4 Å². The number of amides is 1. The van der Waals surface area contributed by atoms with Crippen LogP contribution in [0.2, 0.25) is 0 Å². The number of carbonyl (C=O) groups is 1. The molecule has 1 saturated heterocycles. The van der Waals surface area contributed by atoms with Crippen molar-refractivity contribution in [2.75, 3.05) is 44.8 Å². The summed E-state index contributed by atoms with van der Waals surface area (Å²) in [6.07, 6.45) is 8.36. The van der Waals surface area contributed by atoms with Crippen molar-refractivity contribution in [1.29, 1.82) is 0 Å². The molecule has 0 spiro atoms. The van der Waals surface area contributed by atoms with Crippen molar-refractivity contribution in [3.8, 4) is 11.1 Å². The summed E-state index contributed by atoms with van der Waals surface area (Å²) >= 11 is 0. The number of allylic oxidation sites excluding steroid dienone is 3. The molecular weight excluding hydrogens is 508 g/mol. The van der Waals surface area contributed by atoms with Crippen LogP contribution in [-0.4, -0.2) is 56.7 Å². The lowest BCUT2D eigenvalue weighted by molar-refractivity contribution is 0.0342. The minimum Gasteiger partial charge on any atom is -0.379 e. The van der Waals surface area contributed by atoms with Crippen LogP contribution in [0.1, 0.15) is 67.4 Å². The quantitative estimate of drug-likeness (QED) is 0.399. The Bertz CT molecular complexity index is 1330. The molecule has 6 nitrogen and oxygen atoms in total. The summed E-state index contributed by atoms with van der Waals surface area (Å²) in [5, 5.41) is 6.50. The summed E-state index contributed by atoms with van der Waals surface area (Å²) in [6, 6.07) is 13.7. The van der Waals surface area contributed by atoms with Gasteiger partial charge in [-0.2, -0.15) is 0 Å². The van der Waals surface area contributed by atoms with Crippen LogP contribution in [-0.2, 0) is 11.3 Å². The SMILES string of the molecule is C=C1NC(C)=CC(C)=C1CNC(=O)c1cc(-c2ccc(CN3CCOCC3)cc2)cc(N(C)C2CCCCC2)c1C. The predicted molar refractivity (Wildman–Crippen MR) is 169 cm³/mol. The van der Waals surface area contributed by atoms with Gasteiger partial charge in [0.25, 0.3) is 5.91 Å². The van der Waals surface area contributed by atoms with E-state index in [1.807, 2.05) is 6.92 Å². The molecule has 2 aliphatic heterocycles. The van der Waals surface area contributed by atoms with Gasteiger partial charge in [-0.25, -0.2) is 0 Å². The van der Waals surface area contributed by atoms with Crippen LogP contribution in [0.5, 0.6) is 0 Å². The number of morpholine rings is 1. The average Bonchev–Trinajstić information content (AvgIpc) is 2.97. The first-order valence-electron chi connectivity index (χ1n) is 15.2. The second-order valence-corrected chi connectivity index (χ2v) is 11.9. The molecule has 2 heterocycles. The monoisotopic (exact) mass is 554 g/mol. The number of hydrogen-bond donors (Lipinski definition) is 2. The van der Waals surface area contributed by atoms with Gasteiger partial charge in [0.05, 0.1) is 13.2 Å². The molecule has 2 fully saturated rings. The van der Waals surface area contributed by atoms with Crippen LogP contribution in [0.25, 0.3) is 11.1 Å². The zero-order chi connectivity index (χ0) is 28.9. The number of hydrogen-bond acceptors (Lipinski definition) is 5. The zero-order valence-corrected chi connectivity index (χ0v) is 25.3. The second kappa shape index (κ2) is 13.1. The van der Waals surface area contributed by atoms with E-state index >= 15 is 0 Å². The molecule has 6 heteroatoms. The molecule has 218 valence electrons. The molecule has 0 radical (unpaired) electrons. The Morgan fingerprint density at radius 1 is 1.05 bits per heavy atom. The average molecular weight is 555 g/mol. The van der Waals surface area contributed by atoms with Crippen molar-refractivity contribution in [3.63, 3.8) is 0 Å². The van der Waals surface area contributed by atoms with E-state index in [-0.39, 0.29) is 5.91 Å². The molecule has 1 amide bonds. The van der Waals surface area contributed by atoms with Gasteiger partial charge >= 0.3 is 0 Å². The Balaban J connectivity index is 1.43. The standard InChI is InChI=1S/C35H46N4O2/c1-24-19-25(2)37-27(4)33(24)22-36-35(40)32-20-30(21-34(26(32)3)38(5)31-9-7-6-8-10-31)29-13-11-28(12-14-29)23-39-15-17-41-18-16-39/h11-14,19-21,31,37H,4,6-10,15-18,22-23H2,1-3,5H3,(H,36,40). The molecule has 0 aromatic heterocycles. The highest BCUT2D eigenvalue weighted by Crippen LogP contribution is 2.34. The number of benzene rings is 2. The molecule has 2 aromatic rings. The van der Waals surface area contributed by atoms with Crippen molar-refractivity contribution >= 4 is 11.6 Å². The highest BCUT2D eigenvalue weighted by atomic mass is 16.5. The van der Waals surface area contributed by atoms with Gasteiger partial charge in [0.15, 0.2) is 0 Å². The summed E-state index contributed by atoms with van der Waals surface area (Å²) < 4.78 is 5.50. The molecule has 1 saturated carbocycles. The van der Waals surface area contributed by atoms with Crippen molar-refractivity contribution < 1.29 is 9.53 Å². The lowest BCUT2D eigenvalue weighted by Crippen LogP contribution is -2.35. The first-order chi connectivity index (χ1) is 19.8. The minimum atomic E-state index is -0.0500. The number of rotatable bonds is 8. The van der Waals surface area contributed by atoms with Crippen LogP contribution in [0.4, 0.5) is 5.69 Å². The molecule has 41 heavy (non-hydrogen) atoms. The Morgan fingerprint density at radius 2 is 1.76 bits per heavy atom. The van der Waals surface area contributed by atoms with E-state index in [9.17, 15) is 4.79 Å². The molecule has 0 unspecified atom stereocenters. The van der Waals surface area contributed by atoms with Crippen molar-refractivity contribution in [1.82, 2.24) is 15.5 Å². The van der Waals surface area contributed by atoms with Crippen molar-refractivity contribution in [3.05, 3.63) is 88.3 Å². The van der Waals surface area contributed by atoms with Gasteiger partial charge in [0, 0.05) is 61.9 Å². The third kappa shape index (κ3) is 6.94. The summed E-state index contributed by atoms with van der Waals surface area (Å²) in [6.45, 7) is 15.3. The fourth-order valence-electron chi connectivity index (χ4n) is 6.46. The highest BCUT2D eigenvalue weighted by molar-refractivity contribution is 5.99. The molecular formula is C35H46N4O2. The van der Waals surface area contributed by atoms with E-state index < -0.39 is 0 Å². The van der Waals surface area contributed by atoms with E-state index in [0.717, 1.165) is 83.3 Å². The molecule has 0 atom stereocenters. The maximum absolute atomic E-state index is 13.8. The molecule has 2 N–H and O–H groups in total. The summed E-state index contributed by atoms with van der Waals surface area (Å²) in [5.74, 6) is -0.0500. The Hall–Kier alpha value is -3.35. The zero-order valence-electron chi connectivity index (χ0n) is 25.3. The van der Waals surface area contributed by atoms with Gasteiger partial charge in [-0.05, 0) is 85.2 Å². The van der Waals surface area contributed by atoms with Gasteiger partial charge in [-0.15, -0.1) is 0 Å². The number of ether oxygens (including phenoxy) is 1. The van der Waals surface area contributed by atoms with Gasteiger partial charge < -0.3 is 20.3 Å². The predicted octanol–water partition coefficient (Wildman–Crippen LogP) is 6.33. The maximum Gasteiger partial charge on any atom is 0.251 e. The highest BCUT2D eigenvalue weighted by Gasteiger charge is 2.24. The number of carbonyl (C=O) groups excluding carboxylic acids is 1. The third-order valence-corrected chi connectivity index (χ3v) is 8.97. The first kappa shape index (κ1) is 29.2.